The zero-order valence-corrected chi connectivity index (χ0v) is 10.2. The molecule has 1 aromatic heterocycles. The third-order valence-corrected chi connectivity index (χ3v) is 2.68. The van der Waals surface area contributed by atoms with E-state index in [1.54, 1.807) is 12.1 Å². The van der Waals surface area contributed by atoms with Gasteiger partial charge in [-0.15, -0.1) is 0 Å². The van der Waals surface area contributed by atoms with Crippen LogP contribution in [-0.2, 0) is 16.0 Å². The van der Waals surface area contributed by atoms with Gasteiger partial charge in [0, 0.05) is 6.42 Å². The maximum atomic E-state index is 11.7. The second kappa shape index (κ2) is 5.00. The largest absolute Gasteiger partial charge is 0.469 e. The summed E-state index contributed by atoms with van der Waals surface area (Å²) in [5.41, 5.74) is 1.79. The summed E-state index contributed by atoms with van der Waals surface area (Å²) >= 11 is 0. The van der Waals surface area contributed by atoms with Crippen LogP contribution in [0.5, 0.6) is 0 Å². The van der Waals surface area contributed by atoms with Crippen LogP contribution in [0.15, 0.2) is 27.4 Å². The molecule has 0 saturated carbocycles. The molecule has 5 nitrogen and oxygen atoms in total. The Morgan fingerprint density at radius 1 is 1.44 bits per heavy atom. The van der Waals surface area contributed by atoms with Crippen molar-refractivity contribution < 1.29 is 13.9 Å². The lowest BCUT2D eigenvalue weighted by atomic mass is 10.2. The Labute approximate surface area is 103 Å². The van der Waals surface area contributed by atoms with Gasteiger partial charge in [-0.25, -0.2) is 9.78 Å². The van der Waals surface area contributed by atoms with E-state index in [0.29, 0.717) is 11.1 Å². The van der Waals surface area contributed by atoms with Crippen LogP contribution < -0.4 is 5.63 Å². The van der Waals surface area contributed by atoms with Crippen molar-refractivity contribution in [3.8, 4) is 0 Å². The predicted molar refractivity (Wildman–Crippen MR) is 65.4 cm³/mol. The number of methoxy groups -OCH3 is 1. The van der Waals surface area contributed by atoms with E-state index in [-0.39, 0.29) is 24.5 Å². The predicted octanol–water partition coefficient (Wildman–Crippen LogP) is 1.60. The summed E-state index contributed by atoms with van der Waals surface area (Å²) in [6.07, 6.45) is 0.338. The lowest BCUT2D eigenvalue weighted by Crippen LogP contribution is -2.13. The van der Waals surface area contributed by atoms with Crippen LogP contribution in [0.2, 0.25) is 0 Å². The fraction of sp³-hybridized carbons (Fsp3) is 0.308. The Kier molecular flexibility index (Phi) is 3.41. The number of hydrogen-bond acceptors (Lipinski definition) is 5. The first-order valence-electron chi connectivity index (χ1n) is 5.58. The highest BCUT2D eigenvalue weighted by molar-refractivity contribution is 5.75. The molecule has 1 aromatic carbocycles. The molecule has 18 heavy (non-hydrogen) atoms. The average molecular weight is 247 g/mol. The minimum Gasteiger partial charge on any atom is -0.469 e. The number of nitrogens with zero attached hydrogens (tertiary/aromatic N) is 1. The van der Waals surface area contributed by atoms with Crippen molar-refractivity contribution >= 4 is 17.1 Å². The topological polar surface area (TPSA) is 69.4 Å². The molecule has 0 amide bonds. The maximum Gasteiger partial charge on any atom is 0.358 e. The first kappa shape index (κ1) is 12.3. The van der Waals surface area contributed by atoms with Gasteiger partial charge in [-0.3, -0.25) is 4.79 Å². The number of fused-ring (bicyclic) bond motifs is 1. The summed E-state index contributed by atoms with van der Waals surface area (Å²) in [4.78, 5) is 27.0. The zero-order chi connectivity index (χ0) is 13.1. The molecule has 0 aliphatic heterocycles. The van der Waals surface area contributed by atoms with Crippen molar-refractivity contribution in [2.75, 3.05) is 7.11 Å². The molecule has 0 aliphatic carbocycles. The third-order valence-electron chi connectivity index (χ3n) is 2.68. The van der Waals surface area contributed by atoms with Gasteiger partial charge in [0.1, 0.15) is 11.2 Å². The van der Waals surface area contributed by atoms with Gasteiger partial charge in [0.15, 0.2) is 5.58 Å². The number of rotatable bonds is 3. The summed E-state index contributed by atoms with van der Waals surface area (Å²) in [7, 11) is 1.31. The van der Waals surface area contributed by atoms with Crippen molar-refractivity contribution in [3.05, 3.63) is 39.9 Å². The Balaban J connectivity index is 2.39. The molecule has 0 spiro atoms. The molecule has 0 aliphatic rings. The molecule has 2 rings (SSSR count). The van der Waals surface area contributed by atoms with Crippen molar-refractivity contribution in [2.24, 2.45) is 0 Å². The van der Waals surface area contributed by atoms with Crippen molar-refractivity contribution in [2.45, 2.75) is 19.8 Å². The number of ether oxygens (including phenoxy) is 1. The first-order chi connectivity index (χ1) is 8.61. The second-order valence-electron chi connectivity index (χ2n) is 3.95. The van der Waals surface area contributed by atoms with Crippen LogP contribution in [0.25, 0.3) is 11.1 Å². The van der Waals surface area contributed by atoms with Crippen LogP contribution in [0, 0.1) is 6.92 Å². The Hall–Kier alpha value is -2.17. The van der Waals surface area contributed by atoms with E-state index in [1.165, 1.54) is 7.11 Å². The molecule has 0 bridgehead atoms. The summed E-state index contributed by atoms with van der Waals surface area (Å²) in [5, 5.41) is 0. The van der Waals surface area contributed by atoms with Gasteiger partial charge >= 0.3 is 11.6 Å². The van der Waals surface area contributed by atoms with E-state index < -0.39 is 5.63 Å². The molecule has 0 atom stereocenters. The van der Waals surface area contributed by atoms with Gasteiger partial charge in [0.2, 0.25) is 0 Å². The monoisotopic (exact) mass is 247 g/mol. The third kappa shape index (κ3) is 2.40. The highest BCUT2D eigenvalue weighted by Crippen LogP contribution is 2.14. The maximum absolute atomic E-state index is 11.7. The minimum absolute atomic E-state index is 0.117. The summed E-state index contributed by atoms with van der Waals surface area (Å²) in [5.74, 6) is -0.374. The van der Waals surface area contributed by atoms with Crippen LogP contribution in [0.4, 0.5) is 0 Å². The summed E-state index contributed by atoms with van der Waals surface area (Å²) in [6.45, 7) is 1.89. The highest BCUT2D eigenvalue weighted by atomic mass is 16.5. The molecule has 94 valence electrons. The lowest BCUT2D eigenvalue weighted by molar-refractivity contribution is -0.140. The summed E-state index contributed by atoms with van der Waals surface area (Å²) in [6, 6.07) is 5.39. The van der Waals surface area contributed by atoms with E-state index in [4.69, 9.17) is 4.42 Å². The number of para-hydroxylation sites is 1. The molecule has 1 heterocycles. The Morgan fingerprint density at radius 2 is 2.22 bits per heavy atom. The molecule has 0 saturated heterocycles. The highest BCUT2D eigenvalue weighted by Gasteiger charge is 2.10. The van der Waals surface area contributed by atoms with Gasteiger partial charge < -0.3 is 9.15 Å². The van der Waals surface area contributed by atoms with E-state index in [2.05, 4.69) is 9.72 Å². The summed E-state index contributed by atoms with van der Waals surface area (Å²) < 4.78 is 9.69. The van der Waals surface area contributed by atoms with Gasteiger partial charge in [0.05, 0.1) is 13.5 Å². The molecular formula is C13H13NO4. The molecule has 0 radical (unpaired) electrons. The molecule has 5 heteroatoms. The van der Waals surface area contributed by atoms with E-state index in [1.807, 2.05) is 13.0 Å². The molecule has 0 fully saturated rings. The molecule has 2 aromatic rings. The minimum atomic E-state index is -0.503. The Morgan fingerprint density at radius 3 is 2.94 bits per heavy atom. The molecule has 0 N–H and O–H groups in total. The number of carbonyl (C=O) groups excluding carboxylic acids is 1. The lowest BCUT2D eigenvalue weighted by Gasteiger charge is -2.03. The van der Waals surface area contributed by atoms with Gasteiger partial charge in [0.25, 0.3) is 0 Å². The van der Waals surface area contributed by atoms with E-state index in [0.717, 1.165) is 5.56 Å². The van der Waals surface area contributed by atoms with Crippen molar-refractivity contribution in [1.82, 2.24) is 4.98 Å². The van der Waals surface area contributed by atoms with Crippen molar-refractivity contribution in [3.63, 3.8) is 0 Å². The van der Waals surface area contributed by atoms with E-state index in [9.17, 15) is 9.59 Å². The van der Waals surface area contributed by atoms with Crippen LogP contribution >= 0.6 is 0 Å². The number of esters is 1. The Bertz CT molecular complexity index is 645. The smallest absolute Gasteiger partial charge is 0.358 e. The standard InChI is InChI=1S/C13H13NO4/c1-8-4-3-5-10-12(8)14-9(13(16)18-10)6-7-11(15)17-2/h3-5H,6-7H2,1-2H3. The molecule has 0 unspecified atom stereocenters. The first-order valence-corrected chi connectivity index (χ1v) is 5.58. The van der Waals surface area contributed by atoms with Crippen LogP contribution in [0.1, 0.15) is 17.7 Å². The number of benzene rings is 1. The van der Waals surface area contributed by atoms with Crippen LogP contribution in [0.3, 0.4) is 0 Å². The zero-order valence-electron chi connectivity index (χ0n) is 10.2. The number of aryl methyl sites for hydroxylation is 2. The average Bonchev–Trinajstić information content (AvgIpc) is 2.36. The number of aromatic nitrogens is 1. The fourth-order valence-electron chi connectivity index (χ4n) is 1.68. The normalized spacial score (nSPS) is 10.6. The van der Waals surface area contributed by atoms with Gasteiger partial charge in [-0.1, -0.05) is 12.1 Å². The van der Waals surface area contributed by atoms with E-state index >= 15 is 0 Å². The van der Waals surface area contributed by atoms with Gasteiger partial charge in [-0.05, 0) is 18.6 Å². The van der Waals surface area contributed by atoms with Gasteiger partial charge in [-0.2, -0.15) is 0 Å². The molecular weight excluding hydrogens is 234 g/mol. The van der Waals surface area contributed by atoms with Crippen LogP contribution in [-0.4, -0.2) is 18.1 Å². The van der Waals surface area contributed by atoms with Crippen molar-refractivity contribution in [1.29, 1.82) is 0 Å². The second-order valence-corrected chi connectivity index (χ2v) is 3.95. The fourth-order valence-corrected chi connectivity index (χ4v) is 1.68. The quantitative estimate of drug-likeness (QED) is 0.770. The number of carbonyl (C=O) groups is 1. The number of hydrogen-bond donors (Lipinski definition) is 0. The SMILES string of the molecule is COC(=O)CCc1nc2c(C)cccc2oc1=O.